The Morgan fingerprint density at radius 1 is 1.29 bits per heavy atom. The van der Waals surface area contributed by atoms with E-state index in [1.165, 1.54) is 0 Å². The van der Waals surface area contributed by atoms with Gasteiger partial charge >= 0.3 is 0 Å². The fraction of sp³-hybridized carbons (Fsp3) is 0.250. The number of benzene rings is 1. The fourth-order valence-corrected chi connectivity index (χ4v) is 2.20. The lowest BCUT2D eigenvalue weighted by Crippen LogP contribution is -2.14. The Morgan fingerprint density at radius 2 is 2.10 bits per heavy atom. The number of nitrogens with zero attached hydrogens (tertiary/aromatic N) is 1. The minimum absolute atomic E-state index is 0.221. The normalized spacial score (nSPS) is 10.2. The number of hydrogen-bond acceptors (Lipinski definition) is 3. The van der Waals surface area contributed by atoms with Crippen LogP contribution < -0.4 is 10.6 Å². The summed E-state index contributed by atoms with van der Waals surface area (Å²) in [6, 6.07) is 9.43. The summed E-state index contributed by atoms with van der Waals surface area (Å²) < 4.78 is 0.849. The van der Waals surface area contributed by atoms with Gasteiger partial charge in [0.05, 0.1) is 5.69 Å². The summed E-state index contributed by atoms with van der Waals surface area (Å²) in [4.78, 5) is 16.4. The molecule has 0 bridgehead atoms. The molecular weight excluding hydrogens is 330 g/mol. The van der Waals surface area contributed by atoms with E-state index in [-0.39, 0.29) is 5.91 Å². The highest BCUT2D eigenvalue weighted by Gasteiger charge is 2.10. The van der Waals surface area contributed by atoms with E-state index in [0.29, 0.717) is 5.69 Å². The highest BCUT2D eigenvalue weighted by atomic mass is 79.9. The molecule has 5 heteroatoms. The van der Waals surface area contributed by atoms with Gasteiger partial charge in [-0.1, -0.05) is 13.0 Å². The number of halogens is 1. The molecule has 0 aliphatic carbocycles. The van der Waals surface area contributed by atoms with E-state index in [1.807, 2.05) is 31.2 Å². The highest BCUT2D eigenvalue weighted by molar-refractivity contribution is 9.10. The van der Waals surface area contributed by atoms with Crippen LogP contribution in [0.5, 0.6) is 0 Å². The Morgan fingerprint density at radius 3 is 2.86 bits per heavy atom. The monoisotopic (exact) mass is 347 g/mol. The number of aryl methyl sites for hydroxylation is 1. The molecule has 0 unspecified atom stereocenters. The van der Waals surface area contributed by atoms with Gasteiger partial charge in [-0.05, 0) is 59.1 Å². The SMILES string of the molecule is CCCNc1ccnc(C(=O)Nc2cc(C)ccc2Br)c1. The van der Waals surface area contributed by atoms with Gasteiger partial charge in [-0.15, -0.1) is 0 Å². The molecule has 0 radical (unpaired) electrons. The van der Waals surface area contributed by atoms with Gasteiger partial charge in [0.1, 0.15) is 5.69 Å². The van der Waals surface area contributed by atoms with Gasteiger partial charge in [-0.2, -0.15) is 0 Å². The first-order chi connectivity index (χ1) is 10.1. The summed E-state index contributed by atoms with van der Waals surface area (Å²) in [5.41, 5.74) is 3.12. The first-order valence-corrected chi connectivity index (χ1v) is 7.67. The van der Waals surface area contributed by atoms with E-state index < -0.39 is 0 Å². The van der Waals surface area contributed by atoms with E-state index in [4.69, 9.17) is 0 Å². The zero-order valence-electron chi connectivity index (χ0n) is 12.1. The summed E-state index contributed by atoms with van der Waals surface area (Å²) in [7, 11) is 0. The molecule has 1 heterocycles. The van der Waals surface area contributed by atoms with Crippen molar-refractivity contribution in [3.8, 4) is 0 Å². The van der Waals surface area contributed by atoms with Crippen LogP contribution in [0.3, 0.4) is 0 Å². The first-order valence-electron chi connectivity index (χ1n) is 6.87. The van der Waals surface area contributed by atoms with Crippen LogP contribution in [0.4, 0.5) is 11.4 Å². The van der Waals surface area contributed by atoms with Crippen molar-refractivity contribution in [2.45, 2.75) is 20.3 Å². The van der Waals surface area contributed by atoms with E-state index in [1.54, 1.807) is 12.3 Å². The van der Waals surface area contributed by atoms with Gasteiger partial charge in [-0.3, -0.25) is 9.78 Å². The van der Waals surface area contributed by atoms with E-state index >= 15 is 0 Å². The van der Waals surface area contributed by atoms with Crippen molar-refractivity contribution in [3.05, 3.63) is 52.3 Å². The zero-order chi connectivity index (χ0) is 15.2. The van der Waals surface area contributed by atoms with Gasteiger partial charge < -0.3 is 10.6 Å². The van der Waals surface area contributed by atoms with Gasteiger partial charge in [-0.25, -0.2) is 0 Å². The molecule has 0 saturated heterocycles. The molecule has 0 spiro atoms. The van der Waals surface area contributed by atoms with Crippen molar-refractivity contribution in [3.63, 3.8) is 0 Å². The van der Waals surface area contributed by atoms with Crippen molar-refractivity contribution in [2.24, 2.45) is 0 Å². The second-order valence-electron chi connectivity index (χ2n) is 4.79. The summed E-state index contributed by atoms with van der Waals surface area (Å²) in [5.74, 6) is -0.221. The van der Waals surface area contributed by atoms with Gasteiger partial charge in [0.15, 0.2) is 0 Å². The molecule has 1 aromatic carbocycles. The topological polar surface area (TPSA) is 54.0 Å². The average Bonchev–Trinajstić information content (AvgIpc) is 2.49. The maximum atomic E-state index is 12.3. The molecule has 2 N–H and O–H groups in total. The molecule has 110 valence electrons. The summed E-state index contributed by atoms with van der Waals surface area (Å²) in [6.45, 7) is 4.95. The molecule has 0 aliphatic heterocycles. The predicted molar refractivity (Wildman–Crippen MR) is 89.8 cm³/mol. The number of pyridine rings is 1. The Balaban J connectivity index is 2.14. The summed E-state index contributed by atoms with van der Waals surface area (Å²) in [5, 5.41) is 6.12. The maximum absolute atomic E-state index is 12.3. The highest BCUT2D eigenvalue weighted by Crippen LogP contribution is 2.24. The predicted octanol–water partition coefficient (Wildman–Crippen LogP) is 4.23. The zero-order valence-corrected chi connectivity index (χ0v) is 13.7. The van der Waals surface area contributed by atoms with Crippen LogP contribution in [-0.2, 0) is 0 Å². The van der Waals surface area contributed by atoms with Crippen molar-refractivity contribution >= 4 is 33.2 Å². The number of anilines is 2. The standard InChI is InChI=1S/C16H18BrN3O/c1-3-7-18-12-6-8-19-15(10-12)16(21)20-14-9-11(2)4-5-13(14)17/h4-6,8-10H,3,7H2,1-2H3,(H,18,19)(H,20,21). The molecule has 21 heavy (non-hydrogen) atoms. The number of amides is 1. The minimum atomic E-state index is -0.221. The Hall–Kier alpha value is -1.88. The molecular formula is C16H18BrN3O. The lowest BCUT2D eigenvalue weighted by atomic mass is 10.2. The third-order valence-corrected chi connectivity index (χ3v) is 3.63. The van der Waals surface area contributed by atoms with E-state index in [9.17, 15) is 4.79 Å². The lowest BCUT2D eigenvalue weighted by molar-refractivity contribution is 0.102. The quantitative estimate of drug-likeness (QED) is 0.850. The van der Waals surface area contributed by atoms with Gasteiger partial charge in [0.25, 0.3) is 5.91 Å². The lowest BCUT2D eigenvalue weighted by Gasteiger charge is -2.09. The van der Waals surface area contributed by atoms with Crippen LogP contribution in [0.2, 0.25) is 0 Å². The number of rotatable bonds is 5. The number of carbonyl (C=O) groups excluding carboxylic acids is 1. The van der Waals surface area contributed by atoms with Crippen molar-refractivity contribution < 1.29 is 4.79 Å². The molecule has 2 aromatic rings. The van der Waals surface area contributed by atoms with Crippen molar-refractivity contribution in [2.75, 3.05) is 17.2 Å². The third kappa shape index (κ3) is 4.29. The van der Waals surface area contributed by atoms with Gasteiger partial charge in [0.2, 0.25) is 0 Å². The number of aromatic nitrogens is 1. The Labute approximate surface area is 133 Å². The van der Waals surface area contributed by atoms with Crippen LogP contribution in [0.25, 0.3) is 0 Å². The van der Waals surface area contributed by atoms with E-state index in [2.05, 4.69) is 38.5 Å². The summed E-state index contributed by atoms with van der Waals surface area (Å²) >= 11 is 3.43. The molecule has 0 aliphatic rings. The van der Waals surface area contributed by atoms with Crippen LogP contribution in [0.1, 0.15) is 29.4 Å². The van der Waals surface area contributed by atoms with E-state index in [0.717, 1.165) is 34.4 Å². The number of carbonyl (C=O) groups is 1. The first kappa shape index (κ1) is 15.5. The van der Waals surface area contributed by atoms with Crippen LogP contribution in [0, 0.1) is 6.92 Å². The number of hydrogen-bond donors (Lipinski definition) is 2. The smallest absolute Gasteiger partial charge is 0.274 e. The second-order valence-corrected chi connectivity index (χ2v) is 5.65. The molecule has 0 atom stereocenters. The molecule has 4 nitrogen and oxygen atoms in total. The van der Waals surface area contributed by atoms with Crippen molar-refractivity contribution in [1.29, 1.82) is 0 Å². The van der Waals surface area contributed by atoms with Gasteiger partial charge in [0, 0.05) is 22.9 Å². The number of nitrogens with one attached hydrogen (secondary N) is 2. The third-order valence-electron chi connectivity index (χ3n) is 2.94. The fourth-order valence-electron chi connectivity index (χ4n) is 1.86. The second kappa shape index (κ2) is 7.22. The molecule has 2 rings (SSSR count). The summed E-state index contributed by atoms with van der Waals surface area (Å²) in [6.07, 6.45) is 2.66. The largest absolute Gasteiger partial charge is 0.385 e. The molecule has 0 saturated carbocycles. The van der Waals surface area contributed by atoms with Crippen LogP contribution in [0.15, 0.2) is 41.0 Å². The minimum Gasteiger partial charge on any atom is -0.385 e. The van der Waals surface area contributed by atoms with Crippen LogP contribution >= 0.6 is 15.9 Å². The Bertz CT molecular complexity index is 643. The molecule has 1 amide bonds. The molecule has 1 aromatic heterocycles. The van der Waals surface area contributed by atoms with Crippen LogP contribution in [-0.4, -0.2) is 17.4 Å². The van der Waals surface area contributed by atoms with Crippen molar-refractivity contribution in [1.82, 2.24) is 4.98 Å². The molecule has 0 fully saturated rings. The maximum Gasteiger partial charge on any atom is 0.274 e. The Kier molecular flexibility index (Phi) is 5.33. The average molecular weight is 348 g/mol.